The summed E-state index contributed by atoms with van der Waals surface area (Å²) in [6.07, 6.45) is 0. The summed E-state index contributed by atoms with van der Waals surface area (Å²) < 4.78 is 5.61. The van der Waals surface area contributed by atoms with Gasteiger partial charge in [-0.1, -0.05) is 31.5 Å². The summed E-state index contributed by atoms with van der Waals surface area (Å²) in [7, 11) is 0. The molecule has 0 saturated carbocycles. The smallest absolute Gasteiger partial charge is 0.120 e. The Hall–Kier alpha value is -0.770. The van der Waals surface area contributed by atoms with E-state index in [2.05, 4.69) is 18.7 Å². The van der Waals surface area contributed by atoms with Crippen molar-refractivity contribution in [3.63, 3.8) is 0 Å². The first-order chi connectivity index (χ1) is 8.49. The lowest BCUT2D eigenvalue weighted by molar-refractivity contribution is -0.129. The summed E-state index contributed by atoms with van der Waals surface area (Å²) in [5, 5.41) is 10.8. The van der Waals surface area contributed by atoms with Gasteiger partial charge in [0.25, 0.3) is 0 Å². The third-order valence-corrected chi connectivity index (χ3v) is 3.78. The van der Waals surface area contributed by atoms with Crippen LogP contribution in [0, 0.1) is 5.92 Å². The molecule has 0 unspecified atom stereocenters. The molecule has 1 aliphatic heterocycles. The normalized spacial score (nSPS) is 18.7. The van der Waals surface area contributed by atoms with Crippen LogP contribution in [0.15, 0.2) is 24.3 Å². The van der Waals surface area contributed by atoms with Crippen molar-refractivity contribution in [2.75, 3.05) is 26.2 Å². The lowest BCUT2D eigenvalue weighted by Crippen LogP contribution is -2.64. The quantitative estimate of drug-likeness (QED) is 0.891. The van der Waals surface area contributed by atoms with Gasteiger partial charge in [-0.25, -0.2) is 0 Å². The fraction of sp³-hybridized carbons (Fsp3) is 0.571. The Morgan fingerprint density at radius 2 is 2.17 bits per heavy atom. The second-order valence-corrected chi connectivity index (χ2v) is 5.71. The van der Waals surface area contributed by atoms with Crippen LogP contribution in [0.4, 0.5) is 0 Å². The number of likely N-dealkylation sites (tertiary alicyclic amines) is 1. The van der Waals surface area contributed by atoms with Gasteiger partial charge >= 0.3 is 0 Å². The molecule has 3 nitrogen and oxygen atoms in total. The molecule has 0 spiro atoms. The van der Waals surface area contributed by atoms with Crippen LogP contribution in [0.1, 0.15) is 13.8 Å². The van der Waals surface area contributed by atoms with E-state index >= 15 is 0 Å². The molecule has 1 fully saturated rings. The number of halogens is 1. The zero-order valence-electron chi connectivity index (χ0n) is 10.9. The second kappa shape index (κ2) is 5.47. The monoisotopic (exact) mass is 269 g/mol. The van der Waals surface area contributed by atoms with Gasteiger partial charge < -0.3 is 9.84 Å². The molecule has 100 valence electrons. The van der Waals surface area contributed by atoms with Gasteiger partial charge in [-0.05, 0) is 24.1 Å². The van der Waals surface area contributed by atoms with Crippen LogP contribution in [-0.4, -0.2) is 41.8 Å². The average molecular weight is 270 g/mol. The number of nitrogens with zero attached hydrogens (tertiary/aromatic N) is 1. The van der Waals surface area contributed by atoms with E-state index in [4.69, 9.17) is 16.3 Å². The lowest BCUT2D eigenvalue weighted by atomic mass is 9.83. The Balaban J connectivity index is 1.69. The van der Waals surface area contributed by atoms with Crippen molar-refractivity contribution in [3.05, 3.63) is 29.3 Å². The number of hydrogen-bond donors (Lipinski definition) is 1. The highest BCUT2D eigenvalue weighted by molar-refractivity contribution is 6.30. The van der Waals surface area contributed by atoms with Crippen LogP contribution in [0.2, 0.25) is 5.02 Å². The number of ether oxygens (including phenoxy) is 1. The molecule has 0 atom stereocenters. The largest absolute Gasteiger partial charge is 0.492 e. The molecule has 18 heavy (non-hydrogen) atoms. The first-order valence-electron chi connectivity index (χ1n) is 6.33. The van der Waals surface area contributed by atoms with Gasteiger partial charge in [0.15, 0.2) is 0 Å². The average Bonchev–Trinajstić information content (AvgIpc) is 2.26. The molecule has 0 radical (unpaired) electrons. The molecule has 0 aromatic heterocycles. The second-order valence-electron chi connectivity index (χ2n) is 5.27. The van der Waals surface area contributed by atoms with Gasteiger partial charge in [0.05, 0.1) is 5.60 Å². The standard InChI is InChI=1S/C14H20ClNO2/c1-11(2)14(17)9-16(10-14)6-7-18-13-5-3-4-12(15)8-13/h3-5,8,11,17H,6-7,9-10H2,1-2H3. The number of β-amino-alcohol motifs (C(OH)–C–C–N with tert-alkyl or cyclic N) is 1. The number of rotatable bonds is 5. The summed E-state index contributed by atoms with van der Waals surface area (Å²) in [5.74, 6) is 1.10. The van der Waals surface area contributed by atoms with Crippen LogP contribution < -0.4 is 4.74 Å². The summed E-state index contributed by atoms with van der Waals surface area (Å²) in [6, 6.07) is 7.40. The molecule has 0 aliphatic carbocycles. The highest BCUT2D eigenvalue weighted by Crippen LogP contribution is 2.28. The van der Waals surface area contributed by atoms with E-state index in [1.165, 1.54) is 0 Å². The van der Waals surface area contributed by atoms with E-state index in [1.807, 2.05) is 24.3 Å². The van der Waals surface area contributed by atoms with E-state index in [-0.39, 0.29) is 0 Å². The molecule has 1 aliphatic rings. The van der Waals surface area contributed by atoms with Crippen LogP contribution in [0.5, 0.6) is 5.75 Å². The van der Waals surface area contributed by atoms with E-state index in [0.29, 0.717) is 17.5 Å². The van der Waals surface area contributed by atoms with Gasteiger partial charge in [-0.3, -0.25) is 4.90 Å². The predicted molar refractivity (Wildman–Crippen MR) is 73.2 cm³/mol. The predicted octanol–water partition coefficient (Wildman–Crippen LogP) is 2.42. The van der Waals surface area contributed by atoms with Crippen molar-refractivity contribution < 1.29 is 9.84 Å². The van der Waals surface area contributed by atoms with Gasteiger partial charge in [-0.2, -0.15) is 0 Å². The topological polar surface area (TPSA) is 32.7 Å². The number of hydrogen-bond acceptors (Lipinski definition) is 3. The van der Waals surface area contributed by atoms with Crippen LogP contribution in [-0.2, 0) is 0 Å². The highest BCUT2D eigenvalue weighted by atomic mass is 35.5. The Morgan fingerprint density at radius 1 is 1.44 bits per heavy atom. The minimum absolute atomic E-state index is 0.308. The molecule has 1 aromatic carbocycles. The Labute approximate surface area is 113 Å². The van der Waals surface area contributed by atoms with Crippen LogP contribution in [0.3, 0.4) is 0 Å². The third-order valence-electron chi connectivity index (χ3n) is 3.54. The van der Waals surface area contributed by atoms with E-state index in [1.54, 1.807) is 0 Å². The van der Waals surface area contributed by atoms with Crippen molar-refractivity contribution in [1.82, 2.24) is 4.90 Å². The Bertz CT molecular complexity index is 403. The van der Waals surface area contributed by atoms with E-state index < -0.39 is 5.60 Å². The molecule has 1 N–H and O–H groups in total. The maximum absolute atomic E-state index is 10.1. The number of aliphatic hydroxyl groups is 1. The van der Waals surface area contributed by atoms with Gasteiger partial charge in [0, 0.05) is 24.7 Å². The maximum atomic E-state index is 10.1. The molecule has 2 rings (SSSR count). The summed E-state index contributed by atoms with van der Waals surface area (Å²) >= 11 is 5.87. The highest BCUT2D eigenvalue weighted by Gasteiger charge is 2.43. The third kappa shape index (κ3) is 3.16. The summed E-state index contributed by atoms with van der Waals surface area (Å²) in [6.45, 7) is 7.04. The van der Waals surface area contributed by atoms with Crippen LogP contribution in [0.25, 0.3) is 0 Å². The molecule has 0 bridgehead atoms. The van der Waals surface area contributed by atoms with Crippen molar-refractivity contribution in [1.29, 1.82) is 0 Å². The van der Waals surface area contributed by atoms with Crippen molar-refractivity contribution in [2.45, 2.75) is 19.4 Å². The zero-order chi connectivity index (χ0) is 13.2. The molecular weight excluding hydrogens is 250 g/mol. The Kier molecular flexibility index (Phi) is 4.15. The summed E-state index contributed by atoms with van der Waals surface area (Å²) in [5.41, 5.74) is -0.504. The van der Waals surface area contributed by atoms with Crippen molar-refractivity contribution in [2.24, 2.45) is 5.92 Å². The molecular formula is C14H20ClNO2. The van der Waals surface area contributed by atoms with Gasteiger partial charge in [-0.15, -0.1) is 0 Å². The van der Waals surface area contributed by atoms with Gasteiger partial charge in [0.1, 0.15) is 12.4 Å². The minimum atomic E-state index is -0.504. The molecule has 1 aromatic rings. The van der Waals surface area contributed by atoms with Crippen molar-refractivity contribution in [3.8, 4) is 5.75 Å². The van der Waals surface area contributed by atoms with E-state index in [0.717, 1.165) is 25.4 Å². The fourth-order valence-corrected chi connectivity index (χ4v) is 2.28. The molecule has 0 amide bonds. The minimum Gasteiger partial charge on any atom is -0.492 e. The van der Waals surface area contributed by atoms with Gasteiger partial charge in [0.2, 0.25) is 0 Å². The zero-order valence-corrected chi connectivity index (χ0v) is 11.7. The van der Waals surface area contributed by atoms with Crippen molar-refractivity contribution >= 4 is 11.6 Å². The fourth-order valence-electron chi connectivity index (χ4n) is 2.10. The van der Waals surface area contributed by atoms with E-state index in [9.17, 15) is 5.11 Å². The molecule has 1 saturated heterocycles. The Morgan fingerprint density at radius 3 is 2.78 bits per heavy atom. The SMILES string of the molecule is CC(C)C1(O)CN(CCOc2cccc(Cl)c2)C1. The maximum Gasteiger partial charge on any atom is 0.120 e. The first-order valence-corrected chi connectivity index (χ1v) is 6.70. The molecule has 1 heterocycles. The lowest BCUT2D eigenvalue weighted by Gasteiger charge is -2.49. The number of benzene rings is 1. The summed E-state index contributed by atoms with van der Waals surface area (Å²) in [4.78, 5) is 2.20. The molecule has 4 heteroatoms. The first kappa shape index (κ1) is 13.7. The van der Waals surface area contributed by atoms with Crippen LogP contribution >= 0.6 is 11.6 Å².